The Morgan fingerprint density at radius 2 is 1.16 bits per heavy atom. The lowest BCUT2D eigenvalue weighted by Crippen LogP contribution is -2.16. The van der Waals surface area contributed by atoms with Crippen molar-refractivity contribution >= 4 is 103 Å². The second-order valence-corrected chi connectivity index (χ2v) is 13.6. The summed E-state index contributed by atoms with van der Waals surface area (Å²) in [5.74, 6) is 0. The van der Waals surface area contributed by atoms with Gasteiger partial charge in [0.1, 0.15) is 0 Å². The van der Waals surface area contributed by atoms with E-state index in [1.807, 2.05) is 11.3 Å². The fraction of sp³-hybridized carbons (Fsp3) is 0. The monoisotopic (exact) mass is 594 g/mol. The first-order valence-electron chi connectivity index (χ1n) is 14.8. The fourth-order valence-corrected chi connectivity index (χ4v) is 9.19. The lowest BCUT2D eigenvalue weighted by molar-refractivity contribution is 1.66. The third-order valence-electron chi connectivity index (χ3n) is 8.92. The smallest absolute Gasteiger partial charge is 0.0434 e. The Morgan fingerprint density at radius 3 is 1.89 bits per heavy atom. The Labute approximate surface area is 262 Å². The Kier molecular flexibility index (Phi) is 5.65. The Balaban J connectivity index is 1.29. The van der Waals surface area contributed by atoms with Crippen molar-refractivity contribution in [3.05, 3.63) is 149 Å². The van der Waals surface area contributed by atoms with E-state index in [0.717, 1.165) is 15.3 Å². The SMILES string of the molecule is C=C(/C=c1\c(=C)sc2cc3c(ccc4c5ccccc5sc34)cc12)c1c2ccccc2c(-c2ccccc2)c2ccccc12. The van der Waals surface area contributed by atoms with Crippen molar-refractivity contribution in [1.82, 2.24) is 0 Å². The first-order chi connectivity index (χ1) is 21.7. The molecule has 0 N–H and O–H groups in total. The van der Waals surface area contributed by atoms with Gasteiger partial charge in [-0.25, -0.2) is 0 Å². The molecule has 9 aromatic rings. The average molecular weight is 595 g/mol. The molecule has 0 saturated carbocycles. The Bertz CT molecular complexity index is 2680. The molecule has 0 unspecified atom stereocenters. The molecular weight excluding hydrogens is 569 g/mol. The van der Waals surface area contributed by atoms with Crippen LogP contribution in [-0.2, 0) is 0 Å². The molecule has 0 saturated heterocycles. The van der Waals surface area contributed by atoms with Crippen LogP contribution < -0.4 is 9.75 Å². The second-order valence-electron chi connectivity index (χ2n) is 11.4. The predicted octanol–water partition coefficient (Wildman–Crippen LogP) is 11.3. The molecule has 0 spiro atoms. The number of hydrogen-bond acceptors (Lipinski definition) is 2. The molecule has 0 aliphatic carbocycles. The maximum absolute atomic E-state index is 4.70. The van der Waals surface area contributed by atoms with E-state index in [9.17, 15) is 0 Å². The van der Waals surface area contributed by atoms with Crippen LogP contribution in [0.15, 0.2) is 134 Å². The lowest BCUT2D eigenvalue weighted by atomic mass is 9.86. The van der Waals surface area contributed by atoms with Gasteiger partial charge in [-0.2, -0.15) is 0 Å². The third-order valence-corrected chi connectivity index (χ3v) is 11.2. The number of benzene rings is 7. The number of allylic oxidation sites excluding steroid dienone is 1. The quantitative estimate of drug-likeness (QED) is 0.179. The molecule has 0 amide bonds. The summed E-state index contributed by atoms with van der Waals surface area (Å²) in [6.45, 7) is 9.22. The van der Waals surface area contributed by atoms with E-state index in [1.165, 1.54) is 79.3 Å². The molecule has 44 heavy (non-hydrogen) atoms. The summed E-state index contributed by atoms with van der Waals surface area (Å²) in [5, 5.41) is 12.6. The average Bonchev–Trinajstić information content (AvgIpc) is 3.59. The topological polar surface area (TPSA) is 0 Å². The Hall–Kier alpha value is -5.02. The molecule has 0 radical (unpaired) electrons. The van der Waals surface area contributed by atoms with Crippen LogP contribution in [0.1, 0.15) is 5.56 Å². The maximum Gasteiger partial charge on any atom is 0.0434 e. The van der Waals surface area contributed by atoms with E-state index in [0.29, 0.717) is 0 Å². The summed E-state index contributed by atoms with van der Waals surface area (Å²) in [6, 6.07) is 46.3. The fourth-order valence-electron chi connectivity index (χ4n) is 6.96. The van der Waals surface area contributed by atoms with Gasteiger partial charge in [0.05, 0.1) is 0 Å². The zero-order valence-electron chi connectivity index (χ0n) is 23.9. The first kappa shape index (κ1) is 25.5. The van der Waals surface area contributed by atoms with Crippen molar-refractivity contribution in [3.63, 3.8) is 0 Å². The maximum atomic E-state index is 4.70. The largest absolute Gasteiger partial charge is 0.136 e. The van der Waals surface area contributed by atoms with E-state index in [-0.39, 0.29) is 0 Å². The molecule has 0 aliphatic rings. The minimum Gasteiger partial charge on any atom is -0.136 e. The summed E-state index contributed by atoms with van der Waals surface area (Å²) in [5.41, 5.74) is 4.68. The van der Waals surface area contributed by atoms with Crippen LogP contribution in [0.3, 0.4) is 0 Å². The van der Waals surface area contributed by atoms with Gasteiger partial charge in [-0.1, -0.05) is 122 Å². The molecule has 206 valence electrons. The summed E-state index contributed by atoms with van der Waals surface area (Å²) in [6.07, 6.45) is 2.27. The minimum absolute atomic E-state index is 1.00. The van der Waals surface area contributed by atoms with Gasteiger partial charge in [0, 0.05) is 45.4 Å². The number of rotatable bonds is 3. The highest BCUT2D eigenvalue weighted by molar-refractivity contribution is 7.26. The Morgan fingerprint density at radius 1 is 0.523 bits per heavy atom. The van der Waals surface area contributed by atoms with Crippen molar-refractivity contribution in [1.29, 1.82) is 0 Å². The van der Waals surface area contributed by atoms with Gasteiger partial charge in [-0.05, 0) is 73.5 Å². The lowest BCUT2D eigenvalue weighted by Gasteiger charge is -2.17. The van der Waals surface area contributed by atoms with Gasteiger partial charge >= 0.3 is 0 Å². The molecule has 0 fully saturated rings. The van der Waals surface area contributed by atoms with E-state index in [1.54, 1.807) is 11.3 Å². The summed E-state index contributed by atoms with van der Waals surface area (Å²) in [7, 11) is 0. The van der Waals surface area contributed by atoms with Gasteiger partial charge in [0.2, 0.25) is 0 Å². The first-order valence-corrected chi connectivity index (χ1v) is 16.4. The minimum atomic E-state index is 1.00. The van der Waals surface area contributed by atoms with Crippen LogP contribution in [0, 0.1) is 0 Å². The van der Waals surface area contributed by atoms with E-state index >= 15 is 0 Å². The molecule has 9 rings (SSSR count). The van der Waals surface area contributed by atoms with Crippen LogP contribution in [0.2, 0.25) is 0 Å². The van der Waals surface area contributed by atoms with Crippen molar-refractivity contribution < 1.29 is 0 Å². The van der Waals surface area contributed by atoms with Gasteiger partial charge in [0.25, 0.3) is 0 Å². The van der Waals surface area contributed by atoms with Gasteiger partial charge < -0.3 is 0 Å². The molecule has 2 heterocycles. The van der Waals surface area contributed by atoms with Crippen LogP contribution in [0.5, 0.6) is 0 Å². The summed E-state index contributed by atoms with van der Waals surface area (Å²) >= 11 is 3.66. The zero-order chi connectivity index (χ0) is 29.4. The van der Waals surface area contributed by atoms with E-state index in [2.05, 4.69) is 140 Å². The van der Waals surface area contributed by atoms with Crippen LogP contribution in [-0.4, -0.2) is 0 Å². The molecule has 0 atom stereocenters. The van der Waals surface area contributed by atoms with Gasteiger partial charge in [-0.3, -0.25) is 0 Å². The van der Waals surface area contributed by atoms with Gasteiger partial charge in [-0.15, -0.1) is 22.7 Å². The molecule has 2 aromatic heterocycles. The number of thiophene rings is 2. The zero-order valence-corrected chi connectivity index (χ0v) is 25.6. The van der Waals surface area contributed by atoms with Crippen LogP contribution in [0.4, 0.5) is 0 Å². The third kappa shape index (κ3) is 3.75. The summed E-state index contributed by atoms with van der Waals surface area (Å²) in [4.78, 5) is 0. The molecular formula is C42H26S2. The number of fused-ring (bicyclic) bond motifs is 8. The van der Waals surface area contributed by atoms with Gasteiger partial charge in [0.15, 0.2) is 0 Å². The van der Waals surface area contributed by atoms with E-state index in [4.69, 9.17) is 6.58 Å². The van der Waals surface area contributed by atoms with Crippen LogP contribution in [0.25, 0.3) is 91.9 Å². The van der Waals surface area contributed by atoms with Crippen molar-refractivity contribution in [2.75, 3.05) is 0 Å². The summed E-state index contributed by atoms with van der Waals surface area (Å²) < 4.78 is 5.03. The predicted molar refractivity (Wildman–Crippen MR) is 197 cm³/mol. The van der Waals surface area contributed by atoms with Crippen LogP contribution >= 0.6 is 22.7 Å². The highest BCUT2D eigenvalue weighted by atomic mass is 32.1. The second kappa shape index (κ2) is 9.75. The highest BCUT2D eigenvalue weighted by Crippen LogP contribution is 2.42. The molecule has 0 aliphatic heterocycles. The van der Waals surface area contributed by atoms with Crippen molar-refractivity contribution in [2.24, 2.45) is 0 Å². The molecule has 7 aromatic carbocycles. The molecule has 0 bridgehead atoms. The standard InChI is InChI=1S/C42H26S2/c1-25(40-30-15-6-8-17-32(30)41(27-12-4-3-5-13-27)33-18-9-7-16-31(33)40)22-35-26(2)43-39-24-36-28(23-37(35)39)20-21-34-29-14-10-11-19-38(29)44-42(34)36/h3-24H,1-2H2/b35-22+. The molecule has 2 heteroatoms. The highest BCUT2D eigenvalue weighted by Gasteiger charge is 2.17. The van der Waals surface area contributed by atoms with Crippen molar-refractivity contribution in [2.45, 2.75) is 0 Å². The van der Waals surface area contributed by atoms with E-state index < -0.39 is 0 Å². The van der Waals surface area contributed by atoms with Crippen molar-refractivity contribution in [3.8, 4) is 11.1 Å². The molecule has 0 nitrogen and oxygen atoms in total. The normalized spacial score (nSPS) is 12.4. The number of hydrogen-bond donors (Lipinski definition) is 0.